The third-order valence-electron chi connectivity index (χ3n) is 6.40. The van der Waals surface area contributed by atoms with E-state index in [9.17, 15) is 18.0 Å². The minimum atomic E-state index is -4.12. The van der Waals surface area contributed by atoms with Gasteiger partial charge < -0.3 is 10.2 Å². The number of amides is 2. The number of rotatable bonds is 12. The van der Waals surface area contributed by atoms with Crippen molar-refractivity contribution in [3.8, 4) is 0 Å². The molecule has 2 amide bonds. The smallest absolute Gasteiger partial charge is 0.264 e. The predicted octanol–water partition coefficient (Wildman–Crippen LogP) is 6.08. The van der Waals surface area contributed by atoms with Gasteiger partial charge in [0.1, 0.15) is 12.6 Å². The van der Waals surface area contributed by atoms with E-state index in [1.807, 2.05) is 20.8 Å². The number of halogens is 2. The molecule has 1 atom stereocenters. The second-order valence-corrected chi connectivity index (χ2v) is 12.6. The number of nitrogens with zero attached hydrogens (tertiary/aromatic N) is 2. The van der Waals surface area contributed by atoms with Crippen LogP contribution in [0.3, 0.4) is 0 Å². The summed E-state index contributed by atoms with van der Waals surface area (Å²) < 4.78 is 28.9. The molecule has 214 valence electrons. The maximum atomic E-state index is 14.1. The van der Waals surface area contributed by atoms with Gasteiger partial charge >= 0.3 is 0 Å². The Labute approximate surface area is 247 Å². The molecule has 0 bridgehead atoms. The Morgan fingerprint density at radius 2 is 1.57 bits per heavy atom. The van der Waals surface area contributed by atoms with Crippen molar-refractivity contribution in [1.82, 2.24) is 10.2 Å². The summed E-state index contributed by atoms with van der Waals surface area (Å²) in [6.45, 7) is 7.54. The van der Waals surface area contributed by atoms with Gasteiger partial charge in [-0.1, -0.05) is 86.4 Å². The average molecular weight is 605 g/mol. The number of hydrogen-bond acceptors (Lipinski definition) is 4. The zero-order valence-corrected chi connectivity index (χ0v) is 25.4. The van der Waals surface area contributed by atoms with E-state index >= 15 is 0 Å². The number of benzene rings is 3. The molecule has 0 aliphatic heterocycles. The van der Waals surface area contributed by atoms with Crippen LogP contribution in [0.25, 0.3) is 0 Å². The third kappa shape index (κ3) is 7.77. The van der Waals surface area contributed by atoms with Crippen LogP contribution >= 0.6 is 23.2 Å². The predicted molar refractivity (Wildman–Crippen MR) is 161 cm³/mol. The van der Waals surface area contributed by atoms with Gasteiger partial charge in [0.15, 0.2) is 0 Å². The van der Waals surface area contributed by atoms with Gasteiger partial charge in [-0.2, -0.15) is 0 Å². The lowest BCUT2D eigenvalue weighted by Crippen LogP contribution is -2.52. The van der Waals surface area contributed by atoms with E-state index in [-0.39, 0.29) is 23.3 Å². The highest BCUT2D eigenvalue weighted by atomic mass is 35.5. The molecular formula is C30H35Cl2N3O4S. The Bertz CT molecular complexity index is 1430. The Morgan fingerprint density at radius 3 is 2.17 bits per heavy atom. The molecule has 0 saturated carbocycles. The molecule has 0 unspecified atom stereocenters. The largest absolute Gasteiger partial charge is 0.354 e. The molecule has 0 aliphatic rings. The highest BCUT2D eigenvalue weighted by molar-refractivity contribution is 7.92. The Balaban J connectivity index is 2.06. The molecule has 10 heteroatoms. The highest BCUT2D eigenvalue weighted by Gasteiger charge is 2.34. The first-order chi connectivity index (χ1) is 18.9. The van der Waals surface area contributed by atoms with Crippen molar-refractivity contribution >= 4 is 50.7 Å². The molecule has 0 spiro atoms. The minimum Gasteiger partial charge on any atom is -0.354 e. The number of para-hydroxylation sites is 1. The number of anilines is 1. The summed E-state index contributed by atoms with van der Waals surface area (Å²) in [6.07, 6.45) is 0.326. The summed E-state index contributed by atoms with van der Waals surface area (Å²) in [4.78, 5) is 28.9. The first-order valence-corrected chi connectivity index (χ1v) is 15.3. The number of sulfonamides is 1. The summed E-state index contributed by atoms with van der Waals surface area (Å²) in [5.41, 5.74) is 1.73. The van der Waals surface area contributed by atoms with Crippen LogP contribution in [0.1, 0.15) is 38.3 Å². The van der Waals surface area contributed by atoms with Crippen molar-refractivity contribution in [2.24, 2.45) is 5.92 Å². The van der Waals surface area contributed by atoms with E-state index < -0.39 is 28.5 Å². The van der Waals surface area contributed by atoms with E-state index in [0.29, 0.717) is 39.8 Å². The fourth-order valence-electron chi connectivity index (χ4n) is 4.25. The molecule has 0 heterocycles. The SMILES string of the molecule is CC[C@H](C(=O)NCC(C)C)N(Cc1ccc(Cl)c(Cl)c1)C(=O)CN(c1ccccc1C)S(=O)(=O)c1ccccc1. The zero-order valence-electron chi connectivity index (χ0n) is 23.1. The molecule has 40 heavy (non-hydrogen) atoms. The first kappa shape index (κ1) is 31.5. The van der Waals surface area contributed by atoms with Crippen LogP contribution < -0.4 is 9.62 Å². The summed E-state index contributed by atoms with van der Waals surface area (Å²) in [6, 6.07) is 19.1. The third-order valence-corrected chi connectivity index (χ3v) is 8.91. The van der Waals surface area contributed by atoms with Crippen LogP contribution in [0.2, 0.25) is 10.0 Å². The number of nitrogens with one attached hydrogen (secondary N) is 1. The Morgan fingerprint density at radius 1 is 0.925 bits per heavy atom. The second-order valence-electron chi connectivity index (χ2n) is 9.94. The lowest BCUT2D eigenvalue weighted by atomic mass is 10.1. The standard InChI is InChI=1S/C30H35Cl2N3O4S/c1-5-27(30(37)33-18-21(2)3)34(19-23-15-16-25(31)26(32)17-23)29(36)20-35(28-14-10-9-11-22(28)4)40(38,39)24-12-7-6-8-13-24/h6-17,21,27H,5,18-20H2,1-4H3,(H,33,37)/t27-/m1/s1. The number of aryl methyl sites for hydroxylation is 1. The Kier molecular flexibility index (Phi) is 11.0. The van der Waals surface area contributed by atoms with Crippen LogP contribution in [-0.2, 0) is 26.2 Å². The number of carbonyl (C=O) groups excluding carboxylic acids is 2. The van der Waals surface area contributed by atoms with Crippen molar-refractivity contribution in [3.63, 3.8) is 0 Å². The monoisotopic (exact) mass is 603 g/mol. The zero-order chi connectivity index (χ0) is 29.4. The quantitative estimate of drug-likeness (QED) is 0.272. The molecule has 0 aliphatic carbocycles. The van der Waals surface area contributed by atoms with Crippen LogP contribution in [0.5, 0.6) is 0 Å². The van der Waals surface area contributed by atoms with Gasteiger partial charge in [-0.3, -0.25) is 13.9 Å². The van der Waals surface area contributed by atoms with Gasteiger partial charge in [-0.15, -0.1) is 0 Å². The van der Waals surface area contributed by atoms with E-state index in [1.54, 1.807) is 67.6 Å². The van der Waals surface area contributed by atoms with Gasteiger partial charge in [-0.25, -0.2) is 8.42 Å². The van der Waals surface area contributed by atoms with Gasteiger partial charge in [0, 0.05) is 13.1 Å². The normalized spacial score (nSPS) is 12.2. The van der Waals surface area contributed by atoms with Crippen LogP contribution in [0, 0.1) is 12.8 Å². The fraction of sp³-hybridized carbons (Fsp3) is 0.333. The average Bonchev–Trinajstić information content (AvgIpc) is 2.93. The maximum Gasteiger partial charge on any atom is 0.264 e. The molecule has 0 aromatic heterocycles. The van der Waals surface area contributed by atoms with Gasteiger partial charge in [0.05, 0.1) is 20.6 Å². The molecule has 0 fully saturated rings. The molecule has 3 aromatic carbocycles. The van der Waals surface area contributed by atoms with Gasteiger partial charge in [0.25, 0.3) is 10.0 Å². The molecular weight excluding hydrogens is 569 g/mol. The molecule has 1 N–H and O–H groups in total. The Hall–Kier alpha value is -3.07. The van der Waals surface area contributed by atoms with Crippen LogP contribution in [0.15, 0.2) is 77.7 Å². The maximum absolute atomic E-state index is 14.1. The van der Waals surface area contributed by atoms with Gasteiger partial charge in [-0.05, 0) is 60.7 Å². The van der Waals surface area contributed by atoms with Crippen molar-refractivity contribution in [1.29, 1.82) is 0 Å². The second kappa shape index (κ2) is 14.0. The molecule has 7 nitrogen and oxygen atoms in total. The summed E-state index contributed by atoms with van der Waals surface area (Å²) in [5.74, 6) is -0.619. The van der Waals surface area contributed by atoms with Crippen molar-refractivity contribution in [2.45, 2.75) is 51.6 Å². The number of carbonyl (C=O) groups is 2. The van der Waals surface area contributed by atoms with E-state index in [4.69, 9.17) is 23.2 Å². The molecule has 3 rings (SSSR count). The minimum absolute atomic E-state index is 0.0380. The van der Waals surface area contributed by atoms with Crippen molar-refractivity contribution in [3.05, 3.63) is 94.0 Å². The molecule has 3 aromatic rings. The first-order valence-electron chi connectivity index (χ1n) is 13.1. The lowest BCUT2D eigenvalue weighted by Gasteiger charge is -2.33. The summed E-state index contributed by atoms with van der Waals surface area (Å²) in [7, 11) is -4.12. The molecule has 0 saturated heterocycles. The molecule has 0 radical (unpaired) electrons. The van der Waals surface area contributed by atoms with Crippen LogP contribution in [0.4, 0.5) is 5.69 Å². The lowest BCUT2D eigenvalue weighted by molar-refractivity contribution is -0.140. The topological polar surface area (TPSA) is 86.8 Å². The number of hydrogen-bond donors (Lipinski definition) is 1. The summed E-state index contributed by atoms with van der Waals surface area (Å²) >= 11 is 12.3. The van der Waals surface area contributed by atoms with Crippen molar-refractivity contribution < 1.29 is 18.0 Å². The van der Waals surface area contributed by atoms with E-state index in [1.165, 1.54) is 17.0 Å². The van der Waals surface area contributed by atoms with Gasteiger partial charge in [0.2, 0.25) is 11.8 Å². The van der Waals surface area contributed by atoms with E-state index in [2.05, 4.69) is 5.32 Å². The van der Waals surface area contributed by atoms with E-state index in [0.717, 1.165) is 4.31 Å². The van der Waals surface area contributed by atoms with Crippen molar-refractivity contribution in [2.75, 3.05) is 17.4 Å². The summed E-state index contributed by atoms with van der Waals surface area (Å²) in [5, 5.41) is 3.60. The fourth-order valence-corrected chi connectivity index (χ4v) is 6.07. The van der Waals surface area contributed by atoms with Crippen LogP contribution in [-0.4, -0.2) is 44.3 Å². The highest BCUT2D eigenvalue weighted by Crippen LogP contribution is 2.28.